The van der Waals surface area contributed by atoms with Crippen molar-refractivity contribution < 1.29 is 5.11 Å². The van der Waals surface area contributed by atoms with E-state index in [9.17, 15) is 5.11 Å². The predicted octanol–water partition coefficient (Wildman–Crippen LogP) is 2.59. The molecule has 0 aromatic carbocycles. The first-order valence-electron chi connectivity index (χ1n) is 5.57. The molecule has 1 N–H and O–H groups in total. The maximum Gasteiger partial charge on any atom is 0.193 e. The molecule has 1 unspecified atom stereocenters. The molecule has 0 amide bonds. The summed E-state index contributed by atoms with van der Waals surface area (Å²) in [7, 11) is 0. The molecule has 0 saturated carbocycles. The van der Waals surface area contributed by atoms with Crippen molar-refractivity contribution >= 4 is 16.3 Å². The van der Waals surface area contributed by atoms with Crippen molar-refractivity contribution in [3.8, 4) is 0 Å². The lowest BCUT2D eigenvalue weighted by Crippen LogP contribution is -2.30. The SMILES string of the molecule is CC(C)C(C)(CO)Cc1cn2ccsc2n1. The fraction of sp³-hybridized carbons (Fsp3) is 0.583. The second kappa shape index (κ2) is 4.18. The molecule has 0 saturated heterocycles. The Morgan fingerprint density at radius 3 is 2.88 bits per heavy atom. The van der Waals surface area contributed by atoms with Crippen LogP contribution in [-0.4, -0.2) is 21.1 Å². The first kappa shape index (κ1) is 11.6. The lowest BCUT2D eigenvalue weighted by Gasteiger charge is -2.30. The monoisotopic (exact) mass is 238 g/mol. The number of imidazole rings is 1. The van der Waals surface area contributed by atoms with Crippen molar-refractivity contribution in [2.45, 2.75) is 27.2 Å². The van der Waals surface area contributed by atoms with Crippen molar-refractivity contribution in [3.63, 3.8) is 0 Å². The van der Waals surface area contributed by atoms with Gasteiger partial charge < -0.3 is 5.11 Å². The summed E-state index contributed by atoms with van der Waals surface area (Å²) in [5.41, 5.74) is 0.987. The van der Waals surface area contributed by atoms with Gasteiger partial charge in [-0.05, 0) is 17.8 Å². The third-order valence-corrected chi connectivity index (χ3v) is 4.25. The third-order valence-electron chi connectivity index (χ3n) is 3.48. The van der Waals surface area contributed by atoms with Gasteiger partial charge in [-0.1, -0.05) is 20.8 Å². The lowest BCUT2D eigenvalue weighted by atomic mass is 9.76. The van der Waals surface area contributed by atoms with Gasteiger partial charge in [0.25, 0.3) is 0 Å². The summed E-state index contributed by atoms with van der Waals surface area (Å²) in [5, 5.41) is 11.5. The number of hydrogen-bond donors (Lipinski definition) is 1. The lowest BCUT2D eigenvalue weighted by molar-refractivity contribution is 0.0939. The van der Waals surface area contributed by atoms with Crippen molar-refractivity contribution in [1.29, 1.82) is 0 Å². The highest BCUT2D eigenvalue weighted by molar-refractivity contribution is 7.15. The molecule has 2 aromatic heterocycles. The molecule has 0 aliphatic heterocycles. The average Bonchev–Trinajstić information content (AvgIpc) is 2.77. The van der Waals surface area contributed by atoms with E-state index in [2.05, 4.69) is 32.0 Å². The molecule has 0 aliphatic rings. The number of hydrogen-bond acceptors (Lipinski definition) is 3. The fourth-order valence-electron chi connectivity index (χ4n) is 1.72. The molecule has 0 fully saturated rings. The van der Waals surface area contributed by atoms with Crippen LogP contribution in [0.2, 0.25) is 0 Å². The second-order valence-corrected chi connectivity index (χ2v) is 5.84. The quantitative estimate of drug-likeness (QED) is 0.889. The molecule has 0 spiro atoms. The van der Waals surface area contributed by atoms with Gasteiger partial charge in [-0.15, -0.1) is 11.3 Å². The molecule has 1 atom stereocenters. The molecule has 0 aliphatic carbocycles. The van der Waals surface area contributed by atoms with E-state index in [1.54, 1.807) is 11.3 Å². The highest BCUT2D eigenvalue weighted by Crippen LogP contribution is 2.30. The van der Waals surface area contributed by atoms with Crippen LogP contribution in [-0.2, 0) is 6.42 Å². The zero-order valence-corrected chi connectivity index (χ0v) is 10.8. The number of thiazole rings is 1. The second-order valence-electron chi connectivity index (χ2n) is 4.97. The maximum atomic E-state index is 9.51. The Morgan fingerprint density at radius 2 is 2.31 bits per heavy atom. The van der Waals surface area contributed by atoms with Crippen LogP contribution in [0.25, 0.3) is 4.96 Å². The molecule has 2 rings (SSSR count). The zero-order valence-electron chi connectivity index (χ0n) is 9.97. The first-order valence-corrected chi connectivity index (χ1v) is 6.45. The van der Waals surface area contributed by atoms with Crippen LogP contribution in [0, 0.1) is 11.3 Å². The average molecular weight is 238 g/mol. The van der Waals surface area contributed by atoms with Gasteiger partial charge in [0.05, 0.1) is 5.69 Å². The summed E-state index contributed by atoms with van der Waals surface area (Å²) in [6, 6.07) is 0. The topological polar surface area (TPSA) is 37.5 Å². The standard InChI is InChI=1S/C12H18N2OS/c1-9(2)12(3,8-15)6-10-7-14-4-5-16-11(14)13-10/h4-5,7,9,15H,6,8H2,1-3H3. The third kappa shape index (κ3) is 1.99. The minimum atomic E-state index is -0.0793. The largest absolute Gasteiger partial charge is 0.396 e. The molecule has 0 bridgehead atoms. The fourth-order valence-corrected chi connectivity index (χ4v) is 2.44. The van der Waals surface area contributed by atoms with Crippen molar-refractivity contribution in [2.24, 2.45) is 11.3 Å². The van der Waals surface area contributed by atoms with Crippen LogP contribution in [0.15, 0.2) is 17.8 Å². The summed E-state index contributed by atoms with van der Waals surface area (Å²) >= 11 is 1.64. The van der Waals surface area contributed by atoms with Gasteiger partial charge in [0, 0.05) is 24.4 Å². The minimum absolute atomic E-state index is 0.0793. The number of nitrogens with zero attached hydrogens (tertiary/aromatic N) is 2. The van der Waals surface area contributed by atoms with E-state index in [1.165, 1.54) is 0 Å². The number of fused-ring (bicyclic) bond motifs is 1. The zero-order chi connectivity index (χ0) is 11.8. The number of aliphatic hydroxyl groups excluding tert-OH is 1. The summed E-state index contributed by atoms with van der Waals surface area (Å²) in [4.78, 5) is 5.59. The normalized spacial score (nSPS) is 15.8. The maximum absolute atomic E-state index is 9.51. The van der Waals surface area contributed by atoms with E-state index in [0.29, 0.717) is 5.92 Å². The molecule has 2 heterocycles. The Labute approximate surface area is 99.8 Å². The molecule has 0 radical (unpaired) electrons. The highest BCUT2D eigenvalue weighted by Gasteiger charge is 2.28. The van der Waals surface area contributed by atoms with E-state index in [0.717, 1.165) is 17.1 Å². The van der Waals surface area contributed by atoms with Crippen molar-refractivity contribution in [1.82, 2.24) is 9.38 Å². The van der Waals surface area contributed by atoms with E-state index in [1.807, 2.05) is 16.0 Å². The Balaban J connectivity index is 2.23. The molecule has 2 aromatic rings. The minimum Gasteiger partial charge on any atom is -0.396 e. The highest BCUT2D eigenvalue weighted by atomic mass is 32.1. The van der Waals surface area contributed by atoms with Crippen molar-refractivity contribution in [2.75, 3.05) is 6.61 Å². The van der Waals surface area contributed by atoms with Crippen LogP contribution < -0.4 is 0 Å². The molecule has 16 heavy (non-hydrogen) atoms. The van der Waals surface area contributed by atoms with E-state index in [-0.39, 0.29) is 12.0 Å². The van der Waals surface area contributed by atoms with E-state index in [4.69, 9.17) is 0 Å². The van der Waals surface area contributed by atoms with E-state index < -0.39 is 0 Å². The summed E-state index contributed by atoms with van der Waals surface area (Å²) in [5.74, 6) is 0.442. The molecule has 88 valence electrons. The molecule has 3 nitrogen and oxygen atoms in total. The van der Waals surface area contributed by atoms with Crippen molar-refractivity contribution in [3.05, 3.63) is 23.5 Å². The summed E-state index contributed by atoms with van der Waals surface area (Å²) in [6.45, 7) is 6.62. The van der Waals surface area contributed by atoms with Crippen LogP contribution in [0.3, 0.4) is 0 Å². The summed E-state index contributed by atoms with van der Waals surface area (Å²) in [6.07, 6.45) is 4.90. The smallest absolute Gasteiger partial charge is 0.193 e. The van der Waals surface area contributed by atoms with Gasteiger partial charge in [0.15, 0.2) is 4.96 Å². The number of rotatable bonds is 4. The number of aromatic nitrogens is 2. The predicted molar refractivity (Wildman–Crippen MR) is 66.8 cm³/mol. The van der Waals surface area contributed by atoms with Gasteiger partial charge in [-0.3, -0.25) is 4.40 Å². The van der Waals surface area contributed by atoms with Crippen LogP contribution in [0.4, 0.5) is 0 Å². The van der Waals surface area contributed by atoms with Crippen LogP contribution in [0.1, 0.15) is 26.5 Å². The van der Waals surface area contributed by atoms with Crippen LogP contribution in [0.5, 0.6) is 0 Å². The van der Waals surface area contributed by atoms with E-state index >= 15 is 0 Å². The van der Waals surface area contributed by atoms with Crippen LogP contribution >= 0.6 is 11.3 Å². The van der Waals surface area contributed by atoms with Gasteiger partial charge in [-0.25, -0.2) is 4.98 Å². The summed E-state index contributed by atoms with van der Waals surface area (Å²) < 4.78 is 2.04. The van der Waals surface area contributed by atoms with Gasteiger partial charge in [0.1, 0.15) is 0 Å². The Bertz CT molecular complexity index is 446. The van der Waals surface area contributed by atoms with Gasteiger partial charge in [0.2, 0.25) is 0 Å². The Kier molecular flexibility index (Phi) is 3.04. The Hall–Kier alpha value is -0.870. The Morgan fingerprint density at radius 1 is 1.56 bits per heavy atom. The van der Waals surface area contributed by atoms with Gasteiger partial charge >= 0.3 is 0 Å². The molecular weight excluding hydrogens is 220 g/mol. The van der Waals surface area contributed by atoms with Gasteiger partial charge in [-0.2, -0.15) is 0 Å². The molecular formula is C12H18N2OS. The first-order chi connectivity index (χ1) is 7.55. The molecule has 4 heteroatoms. The number of aliphatic hydroxyl groups is 1.